The van der Waals surface area contributed by atoms with E-state index in [9.17, 15) is 9.59 Å². The summed E-state index contributed by atoms with van der Waals surface area (Å²) < 4.78 is 16.1. The summed E-state index contributed by atoms with van der Waals surface area (Å²) in [5.41, 5.74) is 0.482. The molecule has 1 aromatic rings. The number of likely N-dealkylation sites (N-methyl/N-ethyl adjacent to an activating group) is 1. The Bertz CT molecular complexity index is 655. The molecule has 0 N–H and O–H groups in total. The Morgan fingerprint density at radius 1 is 1.24 bits per heavy atom. The lowest BCUT2D eigenvalue weighted by Crippen LogP contribution is -2.43. The molecule has 1 unspecified atom stereocenters. The van der Waals surface area contributed by atoms with Crippen LogP contribution in [0.5, 0.6) is 11.5 Å². The number of hydrogen-bond acceptors (Lipinski definition) is 6. The van der Waals surface area contributed by atoms with Gasteiger partial charge in [0.25, 0.3) is 0 Å². The van der Waals surface area contributed by atoms with Gasteiger partial charge in [0.1, 0.15) is 6.10 Å². The second-order valence-electron chi connectivity index (χ2n) is 6.61. The van der Waals surface area contributed by atoms with Gasteiger partial charge in [-0.1, -0.05) is 0 Å². The van der Waals surface area contributed by atoms with E-state index in [0.717, 1.165) is 25.9 Å². The molecule has 0 bridgehead atoms. The molecule has 2 aliphatic heterocycles. The van der Waals surface area contributed by atoms with E-state index in [0.29, 0.717) is 17.1 Å². The highest BCUT2D eigenvalue weighted by molar-refractivity contribution is 6.01. The molecule has 7 heteroatoms. The number of ether oxygens (including phenoxy) is 3. The molecule has 7 nitrogen and oxygen atoms in total. The Hall–Kier alpha value is -2.28. The van der Waals surface area contributed by atoms with E-state index in [1.807, 2.05) is 0 Å². The van der Waals surface area contributed by atoms with Crippen molar-refractivity contribution < 1.29 is 23.8 Å². The van der Waals surface area contributed by atoms with E-state index in [2.05, 4.69) is 11.9 Å². The van der Waals surface area contributed by atoms with Crippen molar-refractivity contribution in [1.82, 2.24) is 9.80 Å². The molecule has 2 aliphatic rings. The summed E-state index contributed by atoms with van der Waals surface area (Å²) in [5.74, 6) is 1.01. The molecular weight excluding hydrogens is 324 g/mol. The number of piperidine rings is 1. The number of hydrogen-bond donors (Lipinski definition) is 0. The molecule has 0 spiro atoms. The Kier molecular flexibility index (Phi) is 5.13. The Balaban J connectivity index is 1.60. The highest BCUT2D eigenvalue weighted by atomic mass is 16.7. The highest BCUT2D eigenvalue weighted by Crippen LogP contribution is 2.33. The van der Waals surface area contributed by atoms with Crippen LogP contribution < -0.4 is 9.47 Å². The molecule has 136 valence electrons. The van der Waals surface area contributed by atoms with Crippen LogP contribution in [0.1, 0.15) is 30.1 Å². The zero-order valence-corrected chi connectivity index (χ0v) is 14.9. The van der Waals surface area contributed by atoms with E-state index < -0.39 is 12.1 Å². The number of likely N-dealkylation sites (tertiary alicyclic amines) is 1. The fourth-order valence-corrected chi connectivity index (χ4v) is 2.95. The summed E-state index contributed by atoms with van der Waals surface area (Å²) in [4.78, 5) is 28.6. The van der Waals surface area contributed by atoms with Crippen molar-refractivity contribution in [2.24, 2.45) is 0 Å². The lowest BCUT2D eigenvalue weighted by atomic mass is 10.0. The first kappa shape index (κ1) is 17.5. The fraction of sp³-hybridized carbons (Fsp3) is 0.556. The molecule has 2 heterocycles. The van der Waals surface area contributed by atoms with Gasteiger partial charge >= 0.3 is 6.09 Å². The van der Waals surface area contributed by atoms with Crippen LogP contribution in [0.25, 0.3) is 0 Å². The summed E-state index contributed by atoms with van der Waals surface area (Å²) in [7, 11) is 3.64. The SMILES string of the molecule is CC(C(=O)c1ccc2c(c1)OCO2)N(C)C(=O)OC1CCN(C)CC1. The van der Waals surface area contributed by atoms with Gasteiger partial charge in [0, 0.05) is 25.7 Å². The van der Waals surface area contributed by atoms with Crippen molar-refractivity contribution in [3.63, 3.8) is 0 Å². The zero-order valence-electron chi connectivity index (χ0n) is 14.9. The number of carbonyl (C=O) groups excluding carboxylic acids is 2. The smallest absolute Gasteiger partial charge is 0.410 e. The lowest BCUT2D eigenvalue weighted by molar-refractivity contribution is 0.0308. The molecule has 1 atom stereocenters. The quantitative estimate of drug-likeness (QED) is 0.777. The topological polar surface area (TPSA) is 68.3 Å². The maximum atomic E-state index is 12.7. The number of rotatable bonds is 4. The summed E-state index contributed by atoms with van der Waals surface area (Å²) in [6.45, 7) is 3.68. The van der Waals surface area contributed by atoms with Crippen molar-refractivity contribution in [3.05, 3.63) is 23.8 Å². The Morgan fingerprint density at radius 3 is 2.64 bits per heavy atom. The van der Waals surface area contributed by atoms with Gasteiger partial charge < -0.3 is 24.0 Å². The molecular formula is C18H24N2O5. The van der Waals surface area contributed by atoms with Crippen LogP contribution in [0.3, 0.4) is 0 Å². The second kappa shape index (κ2) is 7.31. The van der Waals surface area contributed by atoms with Crippen molar-refractivity contribution in [1.29, 1.82) is 0 Å². The minimum Gasteiger partial charge on any atom is -0.454 e. The molecule has 1 aromatic carbocycles. The van der Waals surface area contributed by atoms with E-state index in [1.54, 1.807) is 32.2 Å². The third-order valence-electron chi connectivity index (χ3n) is 4.84. The molecule has 25 heavy (non-hydrogen) atoms. The number of amides is 1. The van der Waals surface area contributed by atoms with Crippen LogP contribution in [-0.2, 0) is 4.74 Å². The van der Waals surface area contributed by atoms with Gasteiger partial charge in [-0.25, -0.2) is 4.79 Å². The summed E-state index contributed by atoms with van der Waals surface area (Å²) in [6.07, 6.45) is 1.09. The number of Topliss-reactive ketones (excluding diaryl/α,β-unsaturated/α-hetero) is 1. The number of fused-ring (bicyclic) bond motifs is 1. The van der Waals surface area contributed by atoms with Crippen molar-refractivity contribution in [2.75, 3.05) is 34.0 Å². The van der Waals surface area contributed by atoms with Crippen LogP contribution in [-0.4, -0.2) is 67.8 Å². The summed E-state index contributed by atoms with van der Waals surface area (Å²) in [6, 6.07) is 4.41. The summed E-state index contributed by atoms with van der Waals surface area (Å²) in [5, 5.41) is 0. The number of nitrogens with zero attached hydrogens (tertiary/aromatic N) is 2. The van der Waals surface area contributed by atoms with Gasteiger partial charge in [0.05, 0.1) is 6.04 Å². The van der Waals surface area contributed by atoms with Gasteiger partial charge in [-0.3, -0.25) is 4.79 Å². The molecule has 1 amide bonds. The van der Waals surface area contributed by atoms with E-state index in [1.165, 1.54) is 4.90 Å². The van der Waals surface area contributed by atoms with Crippen molar-refractivity contribution >= 4 is 11.9 Å². The summed E-state index contributed by atoms with van der Waals surface area (Å²) >= 11 is 0. The van der Waals surface area contributed by atoms with Gasteiger partial charge in [0.2, 0.25) is 6.79 Å². The minimum absolute atomic E-state index is 0.0843. The first-order valence-corrected chi connectivity index (χ1v) is 8.51. The average Bonchev–Trinajstić information content (AvgIpc) is 3.09. The van der Waals surface area contributed by atoms with Crippen molar-refractivity contribution in [3.8, 4) is 11.5 Å². The van der Waals surface area contributed by atoms with E-state index in [-0.39, 0.29) is 18.7 Å². The highest BCUT2D eigenvalue weighted by Gasteiger charge is 2.28. The Morgan fingerprint density at radius 2 is 1.92 bits per heavy atom. The third-order valence-corrected chi connectivity index (χ3v) is 4.84. The molecule has 0 aromatic heterocycles. The predicted molar refractivity (Wildman–Crippen MR) is 91.1 cm³/mol. The standard InChI is InChI=1S/C18H24N2O5/c1-12(17(21)13-4-5-15-16(10-13)24-11-23-15)20(3)18(22)25-14-6-8-19(2)9-7-14/h4-5,10,12,14H,6-9,11H2,1-3H3. The van der Waals surface area contributed by atoms with E-state index >= 15 is 0 Å². The molecule has 0 saturated carbocycles. The second-order valence-corrected chi connectivity index (χ2v) is 6.61. The molecule has 0 radical (unpaired) electrons. The van der Waals surface area contributed by atoms with Crippen molar-refractivity contribution in [2.45, 2.75) is 31.9 Å². The largest absolute Gasteiger partial charge is 0.454 e. The Labute approximate surface area is 147 Å². The normalized spacial score (nSPS) is 18.7. The predicted octanol–water partition coefficient (Wildman–Crippen LogP) is 2.15. The number of benzene rings is 1. The van der Waals surface area contributed by atoms with E-state index in [4.69, 9.17) is 14.2 Å². The van der Waals surface area contributed by atoms with Crippen LogP contribution in [0, 0.1) is 0 Å². The molecule has 1 saturated heterocycles. The van der Waals surface area contributed by atoms with Gasteiger partial charge in [-0.05, 0) is 45.0 Å². The van der Waals surface area contributed by atoms with Gasteiger partial charge in [-0.2, -0.15) is 0 Å². The molecule has 1 fully saturated rings. The van der Waals surface area contributed by atoms with Crippen LogP contribution in [0.2, 0.25) is 0 Å². The van der Waals surface area contributed by atoms with Crippen LogP contribution in [0.15, 0.2) is 18.2 Å². The monoisotopic (exact) mass is 348 g/mol. The first-order valence-electron chi connectivity index (χ1n) is 8.51. The lowest BCUT2D eigenvalue weighted by Gasteiger charge is -2.31. The third kappa shape index (κ3) is 3.87. The average molecular weight is 348 g/mol. The van der Waals surface area contributed by atoms with Gasteiger partial charge in [-0.15, -0.1) is 0 Å². The molecule has 3 rings (SSSR count). The minimum atomic E-state index is -0.626. The molecule has 0 aliphatic carbocycles. The maximum absolute atomic E-state index is 12.7. The first-order chi connectivity index (χ1) is 12.0. The zero-order chi connectivity index (χ0) is 18.0. The number of carbonyl (C=O) groups is 2. The number of ketones is 1. The van der Waals surface area contributed by atoms with Crippen LogP contribution in [0.4, 0.5) is 4.79 Å². The van der Waals surface area contributed by atoms with Gasteiger partial charge in [0.15, 0.2) is 17.3 Å². The van der Waals surface area contributed by atoms with Crippen LogP contribution >= 0.6 is 0 Å². The maximum Gasteiger partial charge on any atom is 0.410 e. The fourth-order valence-electron chi connectivity index (χ4n) is 2.95.